The van der Waals surface area contributed by atoms with Crippen LogP contribution in [0.1, 0.15) is 81.0 Å². The zero-order valence-corrected chi connectivity index (χ0v) is 23.8. The van der Waals surface area contributed by atoms with Crippen LogP contribution >= 0.6 is 0 Å². The Kier molecular flexibility index (Phi) is 5.36. The summed E-state index contributed by atoms with van der Waals surface area (Å²) >= 11 is 0. The first-order valence-electron chi connectivity index (χ1n) is 16.3. The number of amides is 2. The number of nitrogens with one attached hydrogen (secondary N) is 3. The maximum Gasteiger partial charge on any atom is 0.251 e. The SMILES string of the molecule is O=C(NC1C2C[C@H]3C[C@@H](C2)C[C@@H]1C3)c1ccc2[nH]c(-c3ccc(NC(=O)C45CC6CC(CC(C6)C4)C5)cc3)cc2c1. The molecule has 0 radical (unpaired) electrons. The quantitative estimate of drug-likeness (QED) is 0.309. The van der Waals surface area contributed by atoms with Gasteiger partial charge in [0.25, 0.3) is 5.91 Å². The van der Waals surface area contributed by atoms with Gasteiger partial charge in [0.1, 0.15) is 0 Å². The highest BCUT2D eigenvalue weighted by Gasteiger charge is 2.54. The van der Waals surface area contributed by atoms with Gasteiger partial charge in [-0.2, -0.15) is 0 Å². The zero-order chi connectivity index (χ0) is 27.3. The van der Waals surface area contributed by atoms with Crippen molar-refractivity contribution in [2.24, 2.45) is 46.8 Å². The van der Waals surface area contributed by atoms with Gasteiger partial charge in [0.15, 0.2) is 0 Å². The van der Waals surface area contributed by atoms with Crippen molar-refractivity contribution in [3.63, 3.8) is 0 Å². The van der Waals surface area contributed by atoms with Gasteiger partial charge in [0, 0.05) is 33.9 Å². The van der Waals surface area contributed by atoms with E-state index in [2.05, 4.69) is 33.8 Å². The number of H-pyrrole nitrogens is 1. The number of aromatic amines is 1. The highest BCUT2D eigenvalue weighted by atomic mass is 16.2. The number of hydrogen-bond donors (Lipinski definition) is 3. The summed E-state index contributed by atoms with van der Waals surface area (Å²) in [6.45, 7) is 0. The molecule has 2 amide bonds. The van der Waals surface area contributed by atoms with E-state index in [0.29, 0.717) is 17.9 Å². The number of hydrogen-bond acceptors (Lipinski definition) is 2. The molecule has 2 aromatic carbocycles. The fourth-order valence-electron chi connectivity index (χ4n) is 11.2. The molecule has 0 atom stereocenters. The fourth-order valence-corrected chi connectivity index (χ4v) is 11.2. The molecule has 5 heteroatoms. The molecule has 8 aliphatic rings. The van der Waals surface area contributed by atoms with E-state index in [-0.39, 0.29) is 17.2 Å². The van der Waals surface area contributed by atoms with Gasteiger partial charge >= 0.3 is 0 Å². The van der Waals surface area contributed by atoms with Crippen LogP contribution in [0.3, 0.4) is 0 Å². The van der Waals surface area contributed by atoms with Gasteiger partial charge in [-0.25, -0.2) is 0 Å². The van der Waals surface area contributed by atoms with Gasteiger partial charge in [0.05, 0.1) is 5.41 Å². The average Bonchev–Trinajstić information content (AvgIpc) is 3.38. The van der Waals surface area contributed by atoms with Crippen LogP contribution in [0.4, 0.5) is 5.69 Å². The van der Waals surface area contributed by atoms with Crippen molar-refractivity contribution in [1.29, 1.82) is 0 Å². The Balaban J connectivity index is 0.890. The van der Waals surface area contributed by atoms with E-state index < -0.39 is 0 Å². The lowest BCUT2D eigenvalue weighted by Crippen LogP contribution is -2.55. The number of fused-ring (bicyclic) bond motifs is 1. The molecule has 8 bridgehead atoms. The zero-order valence-electron chi connectivity index (χ0n) is 23.8. The second-order valence-electron chi connectivity index (χ2n) is 15.1. The minimum absolute atomic E-state index is 0.0752. The predicted molar refractivity (Wildman–Crippen MR) is 161 cm³/mol. The van der Waals surface area contributed by atoms with Gasteiger partial charge in [-0.05, 0) is 154 Å². The molecule has 3 aromatic rings. The normalized spacial score (nSPS) is 38.0. The van der Waals surface area contributed by atoms with Crippen molar-refractivity contribution in [3.8, 4) is 11.3 Å². The lowest BCUT2D eigenvalue weighted by Gasteiger charge is -2.55. The van der Waals surface area contributed by atoms with Crippen LogP contribution in [0.25, 0.3) is 22.2 Å². The maximum absolute atomic E-state index is 13.5. The summed E-state index contributed by atoms with van der Waals surface area (Å²) in [5, 5.41) is 7.80. The number of carbonyl (C=O) groups is 2. The second-order valence-corrected chi connectivity index (χ2v) is 15.1. The third kappa shape index (κ3) is 4.09. The molecular weight excluding hydrogens is 506 g/mol. The Labute approximate surface area is 242 Å². The molecule has 0 unspecified atom stereocenters. The smallest absolute Gasteiger partial charge is 0.251 e. The van der Waals surface area contributed by atoms with Crippen LogP contribution in [0.5, 0.6) is 0 Å². The Morgan fingerprint density at radius 2 is 1.32 bits per heavy atom. The number of rotatable bonds is 5. The van der Waals surface area contributed by atoms with Crippen molar-refractivity contribution >= 4 is 28.4 Å². The van der Waals surface area contributed by atoms with Gasteiger partial charge < -0.3 is 15.6 Å². The van der Waals surface area contributed by atoms with E-state index in [0.717, 1.165) is 82.3 Å². The van der Waals surface area contributed by atoms with Crippen LogP contribution in [0.2, 0.25) is 0 Å². The lowest BCUT2D eigenvalue weighted by molar-refractivity contribution is -0.140. The van der Waals surface area contributed by atoms with Crippen molar-refractivity contribution in [3.05, 3.63) is 54.1 Å². The van der Waals surface area contributed by atoms with Gasteiger partial charge in [-0.3, -0.25) is 9.59 Å². The third-order valence-electron chi connectivity index (χ3n) is 12.4. The van der Waals surface area contributed by atoms with E-state index in [1.807, 2.05) is 30.3 Å². The Bertz CT molecular complexity index is 1470. The number of carbonyl (C=O) groups excluding carboxylic acids is 2. The minimum Gasteiger partial charge on any atom is -0.355 e. The van der Waals surface area contributed by atoms with E-state index in [4.69, 9.17) is 0 Å². The van der Waals surface area contributed by atoms with Crippen molar-refractivity contribution < 1.29 is 9.59 Å². The van der Waals surface area contributed by atoms with E-state index >= 15 is 0 Å². The first-order valence-corrected chi connectivity index (χ1v) is 16.3. The van der Waals surface area contributed by atoms with Crippen molar-refractivity contribution in [1.82, 2.24) is 10.3 Å². The third-order valence-corrected chi connectivity index (χ3v) is 12.4. The molecule has 0 spiro atoms. The van der Waals surface area contributed by atoms with Gasteiger partial charge in [-0.1, -0.05) is 12.1 Å². The molecule has 0 saturated heterocycles. The molecule has 3 N–H and O–H groups in total. The first-order chi connectivity index (χ1) is 20.0. The molecule has 0 aliphatic heterocycles. The van der Waals surface area contributed by atoms with Crippen LogP contribution in [0.15, 0.2) is 48.5 Å². The highest BCUT2D eigenvalue weighted by Crippen LogP contribution is 2.60. The molecule has 212 valence electrons. The van der Waals surface area contributed by atoms with E-state index in [9.17, 15) is 9.59 Å². The number of aromatic nitrogens is 1. The second kappa shape index (κ2) is 8.96. The molecule has 8 aliphatic carbocycles. The Hall–Kier alpha value is -3.08. The van der Waals surface area contributed by atoms with Crippen LogP contribution in [0, 0.1) is 46.8 Å². The van der Waals surface area contributed by atoms with Gasteiger partial charge in [0.2, 0.25) is 5.91 Å². The summed E-state index contributed by atoms with van der Waals surface area (Å²) in [6.07, 6.45) is 14.0. The lowest BCUT2D eigenvalue weighted by atomic mass is 9.49. The van der Waals surface area contributed by atoms with Crippen LogP contribution < -0.4 is 10.6 Å². The van der Waals surface area contributed by atoms with Crippen molar-refractivity contribution in [2.45, 2.75) is 76.7 Å². The number of benzene rings is 2. The highest BCUT2D eigenvalue weighted by molar-refractivity contribution is 5.99. The summed E-state index contributed by atoms with van der Waals surface area (Å²) in [6, 6.07) is 16.7. The summed E-state index contributed by atoms with van der Waals surface area (Å²) < 4.78 is 0. The molecular formula is C36H41N3O2. The topological polar surface area (TPSA) is 74.0 Å². The largest absolute Gasteiger partial charge is 0.355 e. The molecule has 5 nitrogen and oxygen atoms in total. The monoisotopic (exact) mass is 547 g/mol. The summed E-state index contributed by atoms with van der Waals surface area (Å²) in [4.78, 5) is 30.3. The summed E-state index contributed by atoms with van der Waals surface area (Å²) in [5.41, 5.74) is 4.63. The molecule has 11 rings (SSSR count). The molecule has 8 saturated carbocycles. The Morgan fingerprint density at radius 1 is 0.707 bits per heavy atom. The average molecular weight is 548 g/mol. The minimum atomic E-state index is -0.134. The molecule has 8 fully saturated rings. The molecule has 41 heavy (non-hydrogen) atoms. The van der Waals surface area contributed by atoms with Crippen LogP contribution in [-0.4, -0.2) is 22.8 Å². The van der Waals surface area contributed by atoms with Crippen LogP contribution in [-0.2, 0) is 4.79 Å². The standard InChI is InChI=1S/C36H41N3O2/c40-34(39-33-28-11-20-7-21(13-28)14-29(33)12-20)26-3-6-31-27(15-26)16-32(38-31)25-1-4-30(5-2-25)37-35(41)36-17-22-8-23(18-36)10-24(9-22)19-36/h1-6,15-16,20-24,28-29,33,38H,7-14,17-19H2,(H,37,41)(H,39,40)/t20-,21+,22?,23?,24?,28-,29?,33?,36?. The maximum atomic E-state index is 13.5. The summed E-state index contributed by atoms with van der Waals surface area (Å²) in [7, 11) is 0. The predicted octanol–water partition coefficient (Wildman–Crippen LogP) is 7.54. The first kappa shape index (κ1) is 24.5. The van der Waals surface area contributed by atoms with Gasteiger partial charge in [-0.15, -0.1) is 0 Å². The molecule has 1 aromatic heterocycles. The number of anilines is 1. The molecule has 1 heterocycles. The summed E-state index contributed by atoms with van der Waals surface area (Å²) in [5.74, 6) is 5.79. The van der Waals surface area contributed by atoms with E-state index in [1.165, 1.54) is 51.4 Å². The Morgan fingerprint density at radius 3 is 1.95 bits per heavy atom. The fraction of sp³-hybridized carbons (Fsp3) is 0.556. The van der Waals surface area contributed by atoms with Crippen molar-refractivity contribution in [2.75, 3.05) is 5.32 Å². The van der Waals surface area contributed by atoms with E-state index in [1.54, 1.807) is 0 Å².